The molecule has 2 heterocycles. The van der Waals surface area contributed by atoms with Gasteiger partial charge >= 0.3 is 0 Å². The van der Waals surface area contributed by atoms with Gasteiger partial charge in [0.25, 0.3) is 5.91 Å². The number of pyridine rings is 1. The number of carbonyl (C=O) groups excluding carboxylic acids is 1. The molecule has 0 atom stereocenters. The van der Waals surface area contributed by atoms with Gasteiger partial charge in [-0.05, 0) is 42.5 Å². The second-order valence-corrected chi connectivity index (χ2v) is 6.44. The first-order valence-electron chi connectivity index (χ1n) is 9.28. The van der Waals surface area contributed by atoms with Crippen LogP contribution in [0.25, 0.3) is 23.0 Å². The van der Waals surface area contributed by atoms with Crippen LogP contribution in [-0.2, 0) is 4.79 Å². The highest BCUT2D eigenvalue weighted by atomic mass is 16.1. The van der Waals surface area contributed by atoms with E-state index >= 15 is 0 Å². The van der Waals surface area contributed by atoms with Crippen LogP contribution in [0.1, 0.15) is 5.56 Å². The summed E-state index contributed by atoms with van der Waals surface area (Å²) in [6.45, 7) is 0. The van der Waals surface area contributed by atoms with Crippen LogP contribution in [0, 0.1) is 11.3 Å². The van der Waals surface area contributed by atoms with Crippen LogP contribution >= 0.6 is 0 Å². The van der Waals surface area contributed by atoms with Gasteiger partial charge in [-0.3, -0.25) is 9.78 Å². The van der Waals surface area contributed by atoms with Crippen molar-refractivity contribution in [1.82, 2.24) is 14.8 Å². The lowest BCUT2D eigenvalue weighted by molar-refractivity contribution is -0.112. The number of hydrogen-bond donors (Lipinski definition) is 1. The van der Waals surface area contributed by atoms with Gasteiger partial charge in [-0.1, -0.05) is 36.4 Å². The monoisotopic (exact) mass is 391 g/mol. The first kappa shape index (κ1) is 18.8. The predicted octanol–water partition coefficient (Wildman–Crippen LogP) is 4.48. The number of aromatic nitrogens is 3. The summed E-state index contributed by atoms with van der Waals surface area (Å²) in [5, 5.41) is 17.0. The zero-order valence-corrected chi connectivity index (χ0v) is 15.9. The normalized spacial score (nSPS) is 11.0. The highest BCUT2D eigenvalue weighted by Crippen LogP contribution is 2.25. The fourth-order valence-electron chi connectivity index (χ4n) is 2.96. The number of nitrogens with one attached hydrogen (secondary N) is 1. The smallest absolute Gasteiger partial charge is 0.266 e. The van der Waals surface area contributed by atoms with Gasteiger partial charge < -0.3 is 5.32 Å². The minimum absolute atomic E-state index is 0.0122. The second kappa shape index (κ2) is 8.67. The lowest BCUT2D eigenvalue weighted by Gasteiger charge is -2.04. The van der Waals surface area contributed by atoms with E-state index in [2.05, 4.69) is 15.4 Å². The first-order chi connectivity index (χ1) is 14.7. The van der Waals surface area contributed by atoms with Gasteiger partial charge in [-0.25, -0.2) is 4.68 Å². The molecule has 2 aromatic heterocycles. The lowest BCUT2D eigenvalue weighted by Crippen LogP contribution is -2.13. The number of rotatable bonds is 5. The maximum absolute atomic E-state index is 12.6. The van der Waals surface area contributed by atoms with E-state index in [9.17, 15) is 10.1 Å². The Bertz CT molecular complexity index is 1220. The Morgan fingerprint density at radius 2 is 1.63 bits per heavy atom. The fraction of sp³-hybridized carbons (Fsp3) is 0. The van der Waals surface area contributed by atoms with Crippen LogP contribution < -0.4 is 5.32 Å². The van der Waals surface area contributed by atoms with Crippen molar-refractivity contribution in [3.63, 3.8) is 0 Å². The van der Waals surface area contributed by atoms with E-state index in [1.165, 1.54) is 0 Å². The highest BCUT2D eigenvalue weighted by molar-refractivity contribution is 6.10. The SMILES string of the molecule is N#C/C(=C\c1cn(-c2ccccc2)nc1-c1ccncc1)C(=O)Nc1ccccc1. The van der Waals surface area contributed by atoms with Crippen molar-refractivity contribution in [2.75, 3.05) is 5.32 Å². The third-order valence-electron chi connectivity index (χ3n) is 4.41. The van der Waals surface area contributed by atoms with Gasteiger partial charge in [0.1, 0.15) is 17.3 Å². The molecule has 0 saturated heterocycles. The van der Waals surface area contributed by atoms with E-state index in [0.717, 1.165) is 11.3 Å². The number of anilines is 1. The van der Waals surface area contributed by atoms with E-state index in [1.54, 1.807) is 41.5 Å². The molecular formula is C24H17N5O. The molecule has 4 aromatic rings. The number of benzene rings is 2. The molecule has 1 amide bonds. The molecule has 0 radical (unpaired) electrons. The molecule has 0 aliphatic carbocycles. The molecule has 0 aliphatic heterocycles. The Labute approximate surface area is 173 Å². The summed E-state index contributed by atoms with van der Waals surface area (Å²) in [5.41, 5.74) is 3.64. The Morgan fingerprint density at radius 3 is 2.30 bits per heavy atom. The molecule has 0 spiro atoms. The van der Waals surface area contributed by atoms with Crippen molar-refractivity contribution < 1.29 is 4.79 Å². The topological polar surface area (TPSA) is 83.6 Å². The third kappa shape index (κ3) is 4.16. The van der Waals surface area contributed by atoms with Gasteiger partial charge in [-0.15, -0.1) is 0 Å². The molecule has 6 heteroatoms. The van der Waals surface area contributed by atoms with Gasteiger partial charge in [0.2, 0.25) is 0 Å². The molecule has 2 aromatic carbocycles. The molecule has 0 aliphatic rings. The van der Waals surface area contributed by atoms with Crippen molar-refractivity contribution in [1.29, 1.82) is 5.26 Å². The van der Waals surface area contributed by atoms with Crippen molar-refractivity contribution in [2.45, 2.75) is 0 Å². The zero-order valence-electron chi connectivity index (χ0n) is 15.9. The standard InChI is InChI=1S/C24H17N5O/c25-16-19(24(30)27-21-7-3-1-4-8-21)15-20-17-29(22-9-5-2-6-10-22)28-23(20)18-11-13-26-14-12-18/h1-15,17H,(H,27,30)/b19-15+. The number of amides is 1. The highest BCUT2D eigenvalue weighted by Gasteiger charge is 2.15. The average molecular weight is 391 g/mol. The number of hydrogen-bond acceptors (Lipinski definition) is 4. The van der Waals surface area contributed by atoms with Crippen LogP contribution in [0.15, 0.2) is 97.0 Å². The number of nitrogens with zero attached hydrogens (tertiary/aromatic N) is 4. The van der Waals surface area contributed by atoms with Gasteiger partial charge in [0.05, 0.1) is 5.69 Å². The molecule has 1 N–H and O–H groups in total. The van der Waals surface area contributed by atoms with E-state index in [4.69, 9.17) is 0 Å². The second-order valence-electron chi connectivity index (χ2n) is 6.44. The zero-order chi connectivity index (χ0) is 20.8. The van der Waals surface area contributed by atoms with E-state index in [1.807, 2.05) is 66.7 Å². The number of para-hydroxylation sites is 2. The van der Waals surface area contributed by atoms with Gasteiger partial charge in [-0.2, -0.15) is 10.4 Å². The van der Waals surface area contributed by atoms with Crippen molar-refractivity contribution in [3.05, 3.63) is 103 Å². The van der Waals surface area contributed by atoms with Crippen LogP contribution in [0.2, 0.25) is 0 Å². The maximum Gasteiger partial charge on any atom is 0.266 e. The van der Waals surface area contributed by atoms with E-state index < -0.39 is 5.91 Å². The molecular weight excluding hydrogens is 374 g/mol. The van der Waals surface area contributed by atoms with Crippen LogP contribution in [0.4, 0.5) is 5.69 Å². The number of nitriles is 1. The third-order valence-corrected chi connectivity index (χ3v) is 4.41. The van der Waals surface area contributed by atoms with Crippen LogP contribution in [-0.4, -0.2) is 20.7 Å². The summed E-state index contributed by atoms with van der Waals surface area (Å²) in [6, 6.07) is 24.3. The van der Waals surface area contributed by atoms with Crippen molar-refractivity contribution in [2.24, 2.45) is 0 Å². The lowest BCUT2D eigenvalue weighted by atomic mass is 10.1. The fourth-order valence-corrected chi connectivity index (χ4v) is 2.96. The average Bonchev–Trinajstić information content (AvgIpc) is 3.23. The minimum atomic E-state index is -0.475. The summed E-state index contributed by atoms with van der Waals surface area (Å²) in [6.07, 6.45) is 6.72. The van der Waals surface area contributed by atoms with E-state index in [-0.39, 0.29) is 5.57 Å². The molecule has 0 saturated carbocycles. The molecule has 144 valence electrons. The molecule has 0 unspecified atom stereocenters. The Hall–Kier alpha value is -4.50. The maximum atomic E-state index is 12.6. The Balaban J connectivity index is 1.75. The Kier molecular flexibility index (Phi) is 5.45. The predicted molar refractivity (Wildman–Crippen MR) is 115 cm³/mol. The molecule has 4 rings (SSSR count). The van der Waals surface area contributed by atoms with Crippen molar-refractivity contribution >= 4 is 17.7 Å². The quantitative estimate of drug-likeness (QED) is 0.402. The molecule has 6 nitrogen and oxygen atoms in total. The molecule has 0 fully saturated rings. The molecule has 0 bridgehead atoms. The summed E-state index contributed by atoms with van der Waals surface area (Å²) in [7, 11) is 0. The van der Waals surface area contributed by atoms with E-state index in [0.29, 0.717) is 16.9 Å². The molecule has 30 heavy (non-hydrogen) atoms. The minimum Gasteiger partial charge on any atom is -0.321 e. The summed E-state index contributed by atoms with van der Waals surface area (Å²) in [5.74, 6) is -0.475. The van der Waals surface area contributed by atoms with Gasteiger partial charge in [0.15, 0.2) is 0 Å². The largest absolute Gasteiger partial charge is 0.321 e. The van der Waals surface area contributed by atoms with Gasteiger partial charge in [0, 0.05) is 35.4 Å². The summed E-state index contributed by atoms with van der Waals surface area (Å²) < 4.78 is 1.73. The first-order valence-corrected chi connectivity index (χ1v) is 9.28. The Morgan fingerprint density at radius 1 is 0.967 bits per heavy atom. The summed E-state index contributed by atoms with van der Waals surface area (Å²) >= 11 is 0. The van der Waals surface area contributed by atoms with Crippen LogP contribution in [0.5, 0.6) is 0 Å². The number of carbonyl (C=O) groups is 1. The summed E-state index contributed by atoms with van der Waals surface area (Å²) in [4.78, 5) is 16.7. The van der Waals surface area contributed by atoms with Crippen molar-refractivity contribution in [3.8, 4) is 23.0 Å². The van der Waals surface area contributed by atoms with Crippen LogP contribution in [0.3, 0.4) is 0 Å².